The molecule has 0 unspecified atom stereocenters. The first-order valence-corrected chi connectivity index (χ1v) is 3.43. The number of aromatic amines is 2. The molecular formula is C5H3N3O2S. The molecule has 0 atom stereocenters. The van der Waals surface area contributed by atoms with Gasteiger partial charge in [0.2, 0.25) is 0 Å². The van der Waals surface area contributed by atoms with Crippen LogP contribution in [0.5, 0.6) is 0 Å². The van der Waals surface area contributed by atoms with Crippen LogP contribution in [-0.4, -0.2) is 9.97 Å². The lowest BCUT2D eigenvalue weighted by atomic mass is 10.7. The van der Waals surface area contributed by atoms with Crippen LogP contribution in [0.15, 0.2) is 20.7 Å². The summed E-state index contributed by atoms with van der Waals surface area (Å²) in [5.74, 6) is 0. The van der Waals surface area contributed by atoms with Crippen LogP contribution in [0.3, 0.4) is 0 Å². The quantitative estimate of drug-likeness (QED) is 0.341. The fourth-order valence-electron chi connectivity index (χ4n) is 0.550. The van der Waals surface area contributed by atoms with Crippen molar-refractivity contribution in [2.75, 3.05) is 0 Å². The van der Waals surface area contributed by atoms with Gasteiger partial charge in [0.25, 0.3) is 5.56 Å². The van der Waals surface area contributed by atoms with Gasteiger partial charge in [-0.05, 0) is 0 Å². The van der Waals surface area contributed by atoms with Crippen LogP contribution >= 0.6 is 11.8 Å². The summed E-state index contributed by atoms with van der Waals surface area (Å²) in [7, 11) is 0. The van der Waals surface area contributed by atoms with Crippen molar-refractivity contribution in [2.45, 2.75) is 5.03 Å². The van der Waals surface area contributed by atoms with Gasteiger partial charge in [-0.3, -0.25) is 9.78 Å². The van der Waals surface area contributed by atoms with Gasteiger partial charge in [-0.1, -0.05) is 0 Å². The predicted molar refractivity (Wildman–Crippen MR) is 39.2 cm³/mol. The molecule has 0 fully saturated rings. The number of thioether (sulfide) groups is 1. The van der Waals surface area contributed by atoms with E-state index in [1.54, 1.807) is 5.40 Å². The first-order valence-electron chi connectivity index (χ1n) is 2.62. The molecule has 0 aliphatic rings. The maximum Gasteiger partial charge on any atom is 0.326 e. The van der Waals surface area contributed by atoms with Gasteiger partial charge in [-0.15, -0.1) is 0 Å². The average Bonchev–Trinajstić information content (AvgIpc) is 1.85. The maximum absolute atomic E-state index is 10.6. The molecule has 0 aromatic carbocycles. The van der Waals surface area contributed by atoms with Crippen molar-refractivity contribution in [3.05, 3.63) is 26.9 Å². The highest BCUT2D eigenvalue weighted by atomic mass is 32.2. The summed E-state index contributed by atoms with van der Waals surface area (Å²) in [5.41, 5.74) is -1.11. The summed E-state index contributed by atoms with van der Waals surface area (Å²) < 4.78 is 0. The molecule has 0 saturated carbocycles. The second kappa shape index (κ2) is 3.07. The molecule has 1 aromatic heterocycles. The molecule has 0 amide bonds. The third kappa shape index (κ3) is 1.98. The summed E-state index contributed by atoms with van der Waals surface area (Å²) >= 11 is 0.734. The van der Waals surface area contributed by atoms with Crippen LogP contribution in [0, 0.1) is 10.7 Å². The molecule has 5 nitrogen and oxygen atoms in total. The van der Waals surface area contributed by atoms with Crippen molar-refractivity contribution in [2.24, 2.45) is 0 Å². The van der Waals surface area contributed by atoms with Gasteiger partial charge in [0.15, 0.2) is 0 Å². The Balaban J connectivity index is 3.22. The van der Waals surface area contributed by atoms with E-state index >= 15 is 0 Å². The molecule has 1 heterocycles. The van der Waals surface area contributed by atoms with Gasteiger partial charge >= 0.3 is 5.69 Å². The molecular weight excluding hydrogens is 166 g/mol. The first-order chi connectivity index (χ1) is 5.22. The third-order valence-electron chi connectivity index (χ3n) is 0.891. The number of thiocyanates is 1. The molecule has 0 radical (unpaired) electrons. The van der Waals surface area contributed by atoms with Crippen molar-refractivity contribution in [3.8, 4) is 5.40 Å². The van der Waals surface area contributed by atoms with Crippen LogP contribution in [0.1, 0.15) is 0 Å². The monoisotopic (exact) mass is 169 g/mol. The molecule has 1 aromatic rings. The maximum atomic E-state index is 10.6. The van der Waals surface area contributed by atoms with Gasteiger partial charge in [0.1, 0.15) is 5.40 Å². The summed E-state index contributed by atoms with van der Waals surface area (Å²) in [6, 6.07) is 1.15. The largest absolute Gasteiger partial charge is 0.326 e. The van der Waals surface area contributed by atoms with Crippen LogP contribution < -0.4 is 11.2 Å². The molecule has 11 heavy (non-hydrogen) atoms. The Hall–Kier alpha value is -1.48. The minimum absolute atomic E-state index is 0.251. The SMILES string of the molecule is N#CSc1cc(=O)[nH]c(=O)[nH]1. The van der Waals surface area contributed by atoms with Gasteiger partial charge in [-0.2, -0.15) is 5.26 Å². The molecule has 2 N–H and O–H groups in total. The minimum atomic E-state index is -0.602. The van der Waals surface area contributed by atoms with Gasteiger partial charge in [0, 0.05) is 17.8 Å². The number of hydrogen-bond acceptors (Lipinski definition) is 4. The van der Waals surface area contributed by atoms with Gasteiger partial charge < -0.3 is 4.98 Å². The van der Waals surface area contributed by atoms with E-state index in [0.717, 1.165) is 17.8 Å². The van der Waals surface area contributed by atoms with Crippen molar-refractivity contribution in [1.82, 2.24) is 9.97 Å². The highest BCUT2D eigenvalue weighted by molar-refractivity contribution is 8.03. The highest BCUT2D eigenvalue weighted by Gasteiger charge is 1.94. The number of hydrogen-bond donors (Lipinski definition) is 2. The van der Waals surface area contributed by atoms with E-state index in [1.807, 2.05) is 4.98 Å². The summed E-state index contributed by atoms with van der Waals surface area (Å²) in [6.07, 6.45) is 0. The van der Waals surface area contributed by atoms with E-state index in [2.05, 4.69) is 4.98 Å². The number of aromatic nitrogens is 2. The average molecular weight is 169 g/mol. The summed E-state index contributed by atoms with van der Waals surface area (Å²) in [6.45, 7) is 0. The van der Waals surface area contributed by atoms with E-state index in [1.165, 1.54) is 0 Å². The van der Waals surface area contributed by atoms with Crippen LogP contribution in [0.4, 0.5) is 0 Å². The Morgan fingerprint density at radius 3 is 2.73 bits per heavy atom. The smallest absolute Gasteiger partial charge is 0.301 e. The Kier molecular flexibility index (Phi) is 2.13. The second-order valence-electron chi connectivity index (χ2n) is 1.65. The van der Waals surface area contributed by atoms with Crippen LogP contribution in [-0.2, 0) is 0 Å². The van der Waals surface area contributed by atoms with Crippen molar-refractivity contribution in [1.29, 1.82) is 5.26 Å². The molecule has 56 valence electrons. The molecule has 0 saturated heterocycles. The van der Waals surface area contributed by atoms with Gasteiger partial charge in [-0.25, -0.2) is 4.79 Å². The topological polar surface area (TPSA) is 89.5 Å². The van der Waals surface area contributed by atoms with E-state index < -0.39 is 11.2 Å². The van der Waals surface area contributed by atoms with Crippen molar-refractivity contribution in [3.63, 3.8) is 0 Å². The molecule has 0 aliphatic heterocycles. The van der Waals surface area contributed by atoms with Crippen LogP contribution in [0.25, 0.3) is 0 Å². The van der Waals surface area contributed by atoms with E-state index in [9.17, 15) is 9.59 Å². The number of nitriles is 1. The Labute approximate surface area is 65.1 Å². The number of nitrogens with one attached hydrogen (secondary N) is 2. The molecule has 6 heteroatoms. The lowest BCUT2D eigenvalue weighted by Crippen LogP contribution is -2.21. The molecule has 0 aliphatic carbocycles. The first kappa shape index (κ1) is 7.63. The van der Waals surface area contributed by atoms with E-state index in [4.69, 9.17) is 5.26 Å². The zero-order valence-corrected chi connectivity index (χ0v) is 6.07. The van der Waals surface area contributed by atoms with Crippen molar-refractivity contribution >= 4 is 11.8 Å². The Morgan fingerprint density at radius 1 is 1.45 bits per heavy atom. The minimum Gasteiger partial charge on any atom is -0.301 e. The summed E-state index contributed by atoms with van der Waals surface area (Å²) in [4.78, 5) is 25.4. The van der Waals surface area contributed by atoms with Crippen LogP contribution in [0.2, 0.25) is 0 Å². The molecule has 1 rings (SSSR count). The second-order valence-corrected chi connectivity index (χ2v) is 2.47. The standard InChI is InChI=1S/C5H3N3O2S/c6-2-11-4-1-3(9)7-5(10)8-4/h1H,(H2,7,8,9,10). The lowest BCUT2D eigenvalue weighted by Gasteiger charge is -1.88. The van der Waals surface area contributed by atoms with Crippen molar-refractivity contribution < 1.29 is 0 Å². The number of rotatable bonds is 1. The predicted octanol–water partition coefficient (Wildman–Crippen LogP) is -0.364. The van der Waals surface area contributed by atoms with E-state index in [-0.39, 0.29) is 5.03 Å². The Morgan fingerprint density at radius 2 is 2.18 bits per heavy atom. The zero-order valence-electron chi connectivity index (χ0n) is 5.25. The van der Waals surface area contributed by atoms with Gasteiger partial charge in [0.05, 0.1) is 5.03 Å². The fourth-order valence-corrected chi connectivity index (χ4v) is 0.958. The molecule has 0 spiro atoms. The number of H-pyrrole nitrogens is 2. The lowest BCUT2D eigenvalue weighted by molar-refractivity contribution is 0.952. The normalized spacial score (nSPS) is 9.00. The third-order valence-corrected chi connectivity index (χ3v) is 1.42. The number of nitrogens with zero attached hydrogens (tertiary/aromatic N) is 1. The molecule has 0 bridgehead atoms. The zero-order chi connectivity index (χ0) is 8.27. The highest BCUT2D eigenvalue weighted by Crippen LogP contribution is 2.07. The Bertz CT molecular complexity index is 371. The fraction of sp³-hybridized carbons (Fsp3) is 0. The summed E-state index contributed by atoms with van der Waals surface area (Å²) in [5, 5.41) is 10.2. The van der Waals surface area contributed by atoms with E-state index in [0.29, 0.717) is 0 Å².